The highest BCUT2D eigenvalue weighted by molar-refractivity contribution is 5.89. The van der Waals surface area contributed by atoms with Gasteiger partial charge in [-0.05, 0) is 54.7 Å². The van der Waals surface area contributed by atoms with Gasteiger partial charge in [-0.15, -0.1) is 0 Å². The summed E-state index contributed by atoms with van der Waals surface area (Å²) in [4.78, 5) is 43.2. The van der Waals surface area contributed by atoms with Crippen LogP contribution in [0.1, 0.15) is 45.1 Å². The molecule has 2 amide bonds. The number of carbonyl (C=O) groups is 3. The van der Waals surface area contributed by atoms with E-state index in [-0.39, 0.29) is 43.4 Å². The summed E-state index contributed by atoms with van der Waals surface area (Å²) < 4.78 is 38.3. The van der Waals surface area contributed by atoms with Gasteiger partial charge in [0.05, 0.1) is 12.6 Å². The third-order valence-corrected chi connectivity index (χ3v) is 7.02. The Bertz CT molecular complexity index is 1370. The Kier molecular flexibility index (Phi) is 12.2. The fraction of sp³-hybridized carbons (Fsp3) is 0.419. The van der Waals surface area contributed by atoms with E-state index in [1.807, 2.05) is 38.1 Å². The van der Waals surface area contributed by atoms with E-state index in [4.69, 9.17) is 15.2 Å². The van der Waals surface area contributed by atoms with Crippen LogP contribution in [0.15, 0.2) is 54.7 Å². The van der Waals surface area contributed by atoms with Crippen molar-refractivity contribution in [1.29, 1.82) is 0 Å². The standard InChI is InChI=1S/C31H38F2N4O5/c1-20(2)29(34)30(39)41-16-7-6-12-24(37(3)27(38)15-14-21-11-8-13-25(32)28(21)33)19-42-31(40)36-26-17-22-9-4-5-10-23(22)18-35-26/h4-5,8-11,13,17-18,20,24,29H,6-7,12,14-16,19,34H2,1-3H3,(H,35,36,40)/t24-,29-/m0/s1. The van der Waals surface area contributed by atoms with Gasteiger partial charge in [-0.2, -0.15) is 0 Å². The summed E-state index contributed by atoms with van der Waals surface area (Å²) in [6.45, 7) is 3.71. The van der Waals surface area contributed by atoms with Gasteiger partial charge in [-0.3, -0.25) is 14.9 Å². The largest absolute Gasteiger partial charge is 0.465 e. The molecule has 0 unspecified atom stereocenters. The lowest BCUT2D eigenvalue weighted by molar-refractivity contribution is -0.146. The van der Waals surface area contributed by atoms with Crippen molar-refractivity contribution in [2.75, 3.05) is 25.6 Å². The second-order valence-corrected chi connectivity index (χ2v) is 10.4. The van der Waals surface area contributed by atoms with Crippen LogP contribution in [-0.4, -0.2) is 60.2 Å². The molecule has 2 aromatic carbocycles. The molecule has 11 heteroatoms. The first-order valence-electron chi connectivity index (χ1n) is 14.0. The highest BCUT2D eigenvalue weighted by Gasteiger charge is 2.23. The number of unbranched alkanes of at least 4 members (excludes halogenated alkanes) is 1. The van der Waals surface area contributed by atoms with E-state index in [1.165, 1.54) is 17.0 Å². The number of aryl methyl sites for hydroxylation is 1. The molecule has 0 aliphatic heterocycles. The molecule has 1 heterocycles. The average molecular weight is 585 g/mol. The van der Waals surface area contributed by atoms with E-state index in [2.05, 4.69) is 10.3 Å². The Morgan fingerprint density at radius 3 is 2.50 bits per heavy atom. The van der Waals surface area contributed by atoms with E-state index in [0.717, 1.165) is 16.8 Å². The lowest BCUT2D eigenvalue weighted by Gasteiger charge is -2.28. The third-order valence-electron chi connectivity index (χ3n) is 7.02. The van der Waals surface area contributed by atoms with Gasteiger partial charge in [0.2, 0.25) is 5.91 Å². The molecule has 0 radical (unpaired) electrons. The van der Waals surface area contributed by atoms with Gasteiger partial charge < -0.3 is 20.1 Å². The zero-order valence-electron chi connectivity index (χ0n) is 24.1. The van der Waals surface area contributed by atoms with Crippen LogP contribution in [0.3, 0.4) is 0 Å². The zero-order valence-corrected chi connectivity index (χ0v) is 24.1. The number of pyridine rings is 1. The maximum absolute atomic E-state index is 14.1. The van der Waals surface area contributed by atoms with Crippen molar-refractivity contribution in [3.63, 3.8) is 0 Å². The quantitative estimate of drug-likeness (QED) is 0.197. The van der Waals surface area contributed by atoms with Crippen molar-refractivity contribution >= 4 is 34.6 Å². The van der Waals surface area contributed by atoms with E-state index in [1.54, 1.807) is 19.3 Å². The van der Waals surface area contributed by atoms with E-state index >= 15 is 0 Å². The van der Waals surface area contributed by atoms with Gasteiger partial charge >= 0.3 is 12.1 Å². The fourth-order valence-electron chi connectivity index (χ4n) is 4.24. The molecule has 42 heavy (non-hydrogen) atoms. The van der Waals surface area contributed by atoms with Crippen molar-refractivity contribution in [3.05, 3.63) is 71.9 Å². The summed E-state index contributed by atoms with van der Waals surface area (Å²) in [6.07, 6.45) is 2.36. The molecule has 0 spiro atoms. The number of aromatic nitrogens is 1. The number of halogens is 2. The Labute approximate surface area is 244 Å². The van der Waals surface area contributed by atoms with Crippen LogP contribution in [0, 0.1) is 17.6 Å². The predicted octanol–water partition coefficient (Wildman–Crippen LogP) is 5.22. The molecule has 1 aromatic heterocycles. The van der Waals surface area contributed by atoms with Gasteiger partial charge in [-0.1, -0.05) is 50.2 Å². The van der Waals surface area contributed by atoms with Crippen molar-refractivity contribution < 1.29 is 32.6 Å². The number of rotatable bonds is 14. The molecular weight excluding hydrogens is 546 g/mol. The van der Waals surface area contributed by atoms with Crippen LogP contribution in [-0.2, 0) is 25.5 Å². The third kappa shape index (κ3) is 9.47. The first-order chi connectivity index (χ1) is 20.1. The van der Waals surface area contributed by atoms with Crippen LogP contribution < -0.4 is 11.1 Å². The molecule has 0 aliphatic carbocycles. The lowest BCUT2D eigenvalue weighted by Crippen LogP contribution is -2.41. The predicted molar refractivity (Wildman–Crippen MR) is 156 cm³/mol. The SMILES string of the molecule is CC(C)[C@H](N)C(=O)OCCCC[C@@H](COC(=O)Nc1cc2ccccc2cn1)N(C)C(=O)CCc1cccc(F)c1F. The van der Waals surface area contributed by atoms with Gasteiger partial charge in [0.15, 0.2) is 11.6 Å². The van der Waals surface area contributed by atoms with Crippen LogP contribution in [0.4, 0.5) is 19.4 Å². The number of nitrogens with zero attached hydrogens (tertiary/aromatic N) is 2. The normalized spacial score (nSPS) is 12.5. The second kappa shape index (κ2) is 15.8. The molecule has 0 saturated heterocycles. The lowest BCUT2D eigenvalue weighted by atomic mass is 10.1. The molecule has 0 aliphatic rings. The number of nitrogens with one attached hydrogen (secondary N) is 1. The van der Waals surface area contributed by atoms with Crippen LogP contribution in [0.25, 0.3) is 10.8 Å². The summed E-state index contributed by atoms with van der Waals surface area (Å²) in [7, 11) is 1.57. The molecular formula is C31H38F2N4O5. The highest BCUT2D eigenvalue weighted by Crippen LogP contribution is 2.18. The Morgan fingerprint density at radius 1 is 1.02 bits per heavy atom. The smallest absolute Gasteiger partial charge is 0.412 e. The average Bonchev–Trinajstić information content (AvgIpc) is 2.98. The van der Waals surface area contributed by atoms with Crippen molar-refractivity contribution in [1.82, 2.24) is 9.88 Å². The molecule has 3 N–H and O–H groups in total. The first kappa shape index (κ1) is 32.4. The van der Waals surface area contributed by atoms with Crippen LogP contribution in [0.5, 0.6) is 0 Å². The number of amides is 2. The molecule has 0 bridgehead atoms. The number of anilines is 1. The number of fused-ring (bicyclic) bond motifs is 1. The number of benzene rings is 2. The Morgan fingerprint density at radius 2 is 1.76 bits per heavy atom. The van der Waals surface area contributed by atoms with Crippen LogP contribution >= 0.6 is 0 Å². The molecule has 226 valence electrons. The van der Waals surface area contributed by atoms with E-state index in [9.17, 15) is 23.2 Å². The first-order valence-corrected chi connectivity index (χ1v) is 14.0. The van der Waals surface area contributed by atoms with Crippen molar-refractivity contribution in [3.8, 4) is 0 Å². The summed E-state index contributed by atoms with van der Waals surface area (Å²) in [6, 6.07) is 11.9. The molecule has 0 fully saturated rings. The van der Waals surface area contributed by atoms with Gasteiger partial charge in [-0.25, -0.2) is 18.6 Å². The monoisotopic (exact) mass is 584 g/mol. The maximum Gasteiger partial charge on any atom is 0.412 e. The van der Waals surface area contributed by atoms with E-state index < -0.39 is 35.8 Å². The number of nitrogens with two attached hydrogens (primary N) is 1. The summed E-state index contributed by atoms with van der Waals surface area (Å²) in [5.74, 6) is -2.47. The highest BCUT2D eigenvalue weighted by atomic mass is 19.2. The summed E-state index contributed by atoms with van der Waals surface area (Å²) in [5, 5.41) is 4.42. The molecule has 3 aromatic rings. The molecule has 9 nitrogen and oxygen atoms in total. The topological polar surface area (TPSA) is 124 Å². The number of hydrogen-bond acceptors (Lipinski definition) is 7. The van der Waals surface area contributed by atoms with Crippen molar-refractivity contribution in [2.24, 2.45) is 11.7 Å². The summed E-state index contributed by atoms with van der Waals surface area (Å²) in [5.41, 5.74) is 5.92. The zero-order chi connectivity index (χ0) is 30.6. The molecule has 0 saturated carbocycles. The Hall–Kier alpha value is -4.12. The minimum atomic E-state index is -0.974. The van der Waals surface area contributed by atoms with Crippen LogP contribution in [0.2, 0.25) is 0 Å². The minimum absolute atomic E-state index is 0.0144. The number of esters is 1. The van der Waals surface area contributed by atoms with Gasteiger partial charge in [0.1, 0.15) is 18.5 Å². The number of likely N-dealkylation sites (N-methyl/N-ethyl adjacent to an activating group) is 1. The van der Waals surface area contributed by atoms with E-state index in [0.29, 0.717) is 25.1 Å². The minimum Gasteiger partial charge on any atom is -0.465 e. The second-order valence-electron chi connectivity index (χ2n) is 10.4. The number of ether oxygens (including phenoxy) is 2. The maximum atomic E-state index is 14.1. The number of carbonyl (C=O) groups excluding carboxylic acids is 3. The molecule has 2 atom stereocenters. The summed E-state index contributed by atoms with van der Waals surface area (Å²) >= 11 is 0. The van der Waals surface area contributed by atoms with Gasteiger partial charge in [0, 0.05) is 25.1 Å². The molecule has 3 rings (SSSR count). The Balaban J connectivity index is 1.57. The fourth-order valence-corrected chi connectivity index (χ4v) is 4.24. The van der Waals surface area contributed by atoms with Gasteiger partial charge in [0.25, 0.3) is 0 Å². The number of hydrogen-bond donors (Lipinski definition) is 2. The van der Waals surface area contributed by atoms with Crippen molar-refractivity contribution in [2.45, 2.75) is 58.0 Å².